The Kier molecular flexibility index (Phi) is 6.92. The lowest BCUT2D eigenvalue weighted by Gasteiger charge is -2.44. The summed E-state index contributed by atoms with van der Waals surface area (Å²) in [5.74, 6) is 0.607. The highest BCUT2D eigenvalue weighted by atomic mass is 16.5. The van der Waals surface area contributed by atoms with Crippen molar-refractivity contribution in [1.82, 2.24) is 24.5 Å². The van der Waals surface area contributed by atoms with Crippen molar-refractivity contribution in [2.75, 3.05) is 85.7 Å². The molecule has 0 aromatic rings. The van der Waals surface area contributed by atoms with E-state index in [0.717, 1.165) is 78.0 Å². The normalized spacial score (nSPS) is 26.7. The van der Waals surface area contributed by atoms with E-state index in [4.69, 9.17) is 4.74 Å². The molecule has 4 rings (SSSR count). The number of likely N-dealkylation sites (tertiary alicyclic amines) is 2. The zero-order chi connectivity index (χ0) is 20.2. The van der Waals surface area contributed by atoms with Gasteiger partial charge in [0.15, 0.2) is 0 Å². The van der Waals surface area contributed by atoms with Crippen LogP contribution in [0.25, 0.3) is 0 Å². The van der Waals surface area contributed by atoms with Gasteiger partial charge in [0.25, 0.3) is 0 Å². The number of hydrogen-bond donors (Lipinski definition) is 0. The topological polar surface area (TPSA) is 59.6 Å². The maximum atomic E-state index is 12.8. The summed E-state index contributed by atoms with van der Waals surface area (Å²) in [6, 6.07) is 0.726. The molecule has 4 saturated heterocycles. The molecular formula is C21H37N5O3. The van der Waals surface area contributed by atoms with Crippen LogP contribution in [0.4, 0.5) is 4.79 Å². The van der Waals surface area contributed by atoms with Crippen LogP contribution in [-0.2, 0) is 9.53 Å². The van der Waals surface area contributed by atoms with Gasteiger partial charge in [0.2, 0.25) is 5.91 Å². The number of carbonyl (C=O) groups is 2. The Morgan fingerprint density at radius 2 is 1.28 bits per heavy atom. The zero-order valence-electron chi connectivity index (χ0n) is 17.9. The lowest BCUT2D eigenvalue weighted by atomic mass is 9.95. The molecule has 4 aliphatic rings. The smallest absolute Gasteiger partial charge is 0.320 e. The fourth-order valence-electron chi connectivity index (χ4n) is 5.20. The van der Waals surface area contributed by atoms with Crippen molar-refractivity contribution in [3.05, 3.63) is 0 Å². The van der Waals surface area contributed by atoms with Crippen LogP contribution >= 0.6 is 0 Å². The second kappa shape index (κ2) is 9.62. The van der Waals surface area contributed by atoms with Crippen molar-refractivity contribution in [2.24, 2.45) is 5.92 Å². The molecule has 0 N–H and O–H groups in total. The second-order valence-electron chi connectivity index (χ2n) is 9.04. The van der Waals surface area contributed by atoms with E-state index in [1.807, 2.05) is 9.80 Å². The van der Waals surface area contributed by atoms with Crippen LogP contribution in [0.1, 0.15) is 25.7 Å². The van der Waals surface area contributed by atoms with Crippen LogP contribution in [0.3, 0.4) is 0 Å². The quantitative estimate of drug-likeness (QED) is 0.663. The first-order chi connectivity index (χ1) is 14.1. The molecule has 0 aromatic carbocycles. The molecule has 0 aromatic heterocycles. The molecule has 4 heterocycles. The highest BCUT2D eigenvalue weighted by molar-refractivity contribution is 5.79. The summed E-state index contributed by atoms with van der Waals surface area (Å²) in [5.41, 5.74) is 0. The van der Waals surface area contributed by atoms with Crippen LogP contribution in [-0.4, -0.2) is 128 Å². The van der Waals surface area contributed by atoms with Crippen LogP contribution in [0.2, 0.25) is 0 Å². The van der Waals surface area contributed by atoms with Gasteiger partial charge in [-0.2, -0.15) is 0 Å². The fraction of sp³-hybridized carbons (Fsp3) is 0.905. The Balaban J connectivity index is 1.19. The van der Waals surface area contributed by atoms with E-state index in [1.54, 1.807) is 0 Å². The predicted octanol–water partition coefficient (Wildman–Crippen LogP) is 0.389. The summed E-state index contributed by atoms with van der Waals surface area (Å²) in [6.07, 6.45) is 4.09. The monoisotopic (exact) mass is 407 g/mol. The molecule has 164 valence electrons. The third-order valence-electron chi connectivity index (χ3n) is 7.23. The summed E-state index contributed by atoms with van der Waals surface area (Å²) in [4.78, 5) is 36.4. The van der Waals surface area contributed by atoms with E-state index in [0.29, 0.717) is 38.3 Å². The zero-order valence-corrected chi connectivity index (χ0v) is 17.9. The number of morpholine rings is 1. The Labute approximate surface area is 174 Å². The average Bonchev–Trinajstić information content (AvgIpc) is 2.79. The van der Waals surface area contributed by atoms with Gasteiger partial charge in [-0.15, -0.1) is 0 Å². The highest BCUT2D eigenvalue weighted by Crippen LogP contribution is 2.22. The number of nitrogens with zero attached hydrogens (tertiary/aromatic N) is 5. The van der Waals surface area contributed by atoms with Gasteiger partial charge in [0.1, 0.15) is 0 Å². The molecule has 8 heteroatoms. The molecule has 4 aliphatic heterocycles. The van der Waals surface area contributed by atoms with Crippen molar-refractivity contribution in [3.63, 3.8) is 0 Å². The first-order valence-electron chi connectivity index (χ1n) is 11.4. The van der Waals surface area contributed by atoms with Crippen molar-refractivity contribution in [2.45, 2.75) is 31.7 Å². The number of piperazine rings is 1. The maximum Gasteiger partial charge on any atom is 0.320 e. The molecule has 0 spiro atoms. The minimum Gasteiger partial charge on any atom is -0.378 e. The number of urea groups is 1. The molecule has 0 bridgehead atoms. The third kappa shape index (κ3) is 5.03. The van der Waals surface area contributed by atoms with E-state index in [9.17, 15) is 9.59 Å². The number of rotatable bonds is 2. The Bertz CT molecular complexity index is 559. The van der Waals surface area contributed by atoms with Gasteiger partial charge in [-0.05, 0) is 45.8 Å². The van der Waals surface area contributed by atoms with Gasteiger partial charge >= 0.3 is 6.03 Å². The fourth-order valence-corrected chi connectivity index (χ4v) is 5.20. The van der Waals surface area contributed by atoms with Crippen molar-refractivity contribution in [3.8, 4) is 0 Å². The molecule has 0 aliphatic carbocycles. The minimum absolute atomic E-state index is 0.181. The number of piperidine rings is 2. The maximum absolute atomic E-state index is 12.8. The molecule has 0 atom stereocenters. The third-order valence-corrected chi connectivity index (χ3v) is 7.23. The Morgan fingerprint density at radius 1 is 0.690 bits per heavy atom. The number of hydrogen-bond acceptors (Lipinski definition) is 5. The van der Waals surface area contributed by atoms with Gasteiger partial charge in [-0.25, -0.2) is 4.79 Å². The number of ether oxygens (including phenoxy) is 1. The summed E-state index contributed by atoms with van der Waals surface area (Å²) < 4.78 is 5.35. The minimum atomic E-state index is 0.181. The van der Waals surface area contributed by atoms with Crippen molar-refractivity contribution >= 4 is 11.9 Å². The largest absolute Gasteiger partial charge is 0.378 e. The molecule has 0 saturated carbocycles. The molecule has 29 heavy (non-hydrogen) atoms. The first-order valence-corrected chi connectivity index (χ1v) is 11.4. The lowest BCUT2D eigenvalue weighted by Crippen LogP contribution is -2.57. The van der Waals surface area contributed by atoms with Gasteiger partial charge in [0.05, 0.1) is 13.2 Å². The van der Waals surface area contributed by atoms with Crippen LogP contribution in [0.15, 0.2) is 0 Å². The van der Waals surface area contributed by atoms with Crippen molar-refractivity contribution < 1.29 is 14.3 Å². The second-order valence-corrected chi connectivity index (χ2v) is 9.04. The first kappa shape index (κ1) is 20.9. The van der Waals surface area contributed by atoms with E-state index in [1.165, 1.54) is 0 Å². The van der Waals surface area contributed by atoms with Crippen LogP contribution in [0, 0.1) is 5.92 Å². The van der Waals surface area contributed by atoms with Crippen LogP contribution in [0.5, 0.6) is 0 Å². The van der Waals surface area contributed by atoms with E-state index >= 15 is 0 Å². The standard InChI is InChI=1S/C21H37N5O3/c1-22-6-2-18(3-7-22)20(27)24-12-10-23(11-13-24)19-4-8-25(9-5-19)21(28)26-14-16-29-17-15-26/h18-19H,2-17H2,1H3. The predicted molar refractivity (Wildman–Crippen MR) is 111 cm³/mol. The summed E-state index contributed by atoms with van der Waals surface area (Å²) in [6.45, 7) is 10.2. The molecule has 0 radical (unpaired) electrons. The Hall–Kier alpha value is -1.38. The highest BCUT2D eigenvalue weighted by Gasteiger charge is 2.33. The molecular weight excluding hydrogens is 370 g/mol. The molecule has 4 fully saturated rings. The van der Waals surface area contributed by atoms with Crippen LogP contribution < -0.4 is 0 Å². The summed E-state index contributed by atoms with van der Waals surface area (Å²) >= 11 is 0. The molecule has 3 amide bonds. The number of amides is 3. The van der Waals surface area contributed by atoms with E-state index in [-0.39, 0.29) is 11.9 Å². The average molecular weight is 408 g/mol. The summed E-state index contributed by atoms with van der Waals surface area (Å²) in [5, 5.41) is 0. The molecule has 0 unspecified atom stereocenters. The van der Waals surface area contributed by atoms with Gasteiger partial charge in [0, 0.05) is 64.3 Å². The van der Waals surface area contributed by atoms with Gasteiger partial charge in [-0.3, -0.25) is 9.69 Å². The summed E-state index contributed by atoms with van der Waals surface area (Å²) in [7, 11) is 2.14. The van der Waals surface area contributed by atoms with Crippen molar-refractivity contribution in [1.29, 1.82) is 0 Å². The number of carbonyl (C=O) groups excluding carboxylic acids is 2. The Morgan fingerprint density at radius 3 is 1.90 bits per heavy atom. The lowest BCUT2D eigenvalue weighted by molar-refractivity contribution is -0.139. The van der Waals surface area contributed by atoms with E-state index in [2.05, 4.69) is 21.7 Å². The van der Waals surface area contributed by atoms with E-state index < -0.39 is 0 Å². The molecule has 8 nitrogen and oxygen atoms in total. The SMILES string of the molecule is CN1CCC(C(=O)N2CCN(C3CCN(C(=O)N4CCOCC4)CC3)CC2)CC1. The van der Waals surface area contributed by atoms with Gasteiger partial charge in [-0.1, -0.05) is 0 Å². The van der Waals surface area contributed by atoms with Gasteiger partial charge < -0.3 is 24.3 Å².